The summed E-state index contributed by atoms with van der Waals surface area (Å²) >= 11 is 0. The first-order chi connectivity index (χ1) is 10.8. The molecule has 0 aliphatic carbocycles. The van der Waals surface area contributed by atoms with Crippen LogP contribution in [0, 0.1) is 0 Å². The van der Waals surface area contributed by atoms with Crippen molar-refractivity contribution in [2.75, 3.05) is 6.79 Å². The third-order valence-corrected chi connectivity index (χ3v) is 3.37. The third-order valence-electron chi connectivity index (χ3n) is 3.37. The largest absolute Gasteiger partial charge is 0.454 e. The normalized spacial score (nSPS) is 12.4. The number of H-pyrrole nitrogens is 1. The SMILES string of the molecule is O=c1[nH]nc(-c2ccccc2)nc1-c1ccc2c(c1)OCO2. The summed E-state index contributed by atoms with van der Waals surface area (Å²) in [6.07, 6.45) is 0. The van der Waals surface area contributed by atoms with Crippen LogP contribution in [-0.2, 0) is 0 Å². The van der Waals surface area contributed by atoms with Gasteiger partial charge in [-0.2, -0.15) is 5.10 Å². The molecular formula is C16H11N3O3. The number of nitrogens with zero attached hydrogens (tertiary/aromatic N) is 2. The van der Waals surface area contributed by atoms with Crippen LogP contribution in [0.2, 0.25) is 0 Å². The highest BCUT2D eigenvalue weighted by Gasteiger charge is 2.16. The van der Waals surface area contributed by atoms with Crippen molar-refractivity contribution in [1.82, 2.24) is 15.2 Å². The minimum atomic E-state index is -0.349. The number of rotatable bonds is 2. The van der Waals surface area contributed by atoms with E-state index in [2.05, 4.69) is 15.2 Å². The van der Waals surface area contributed by atoms with Crippen molar-refractivity contribution in [3.8, 4) is 34.1 Å². The molecule has 1 aromatic heterocycles. The summed E-state index contributed by atoms with van der Waals surface area (Å²) < 4.78 is 10.6. The van der Waals surface area contributed by atoms with Crippen LogP contribution in [0.4, 0.5) is 0 Å². The molecule has 0 radical (unpaired) electrons. The number of nitrogens with one attached hydrogen (secondary N) is 1. The van der Waals surface area contributed by atoms with Crippen LogP contribution < -0.4 is 15.0 Å². The summed E-state index contributed by atoms with van der Waals surface area (Å²) in [5.74, 6) is 1.74. The lowest BCUT2D eigenvalue weighted by molar-refractivity contribution is 0.174. The Hall–Kier alpha value is -3.15. The van der Waals surface area contributed by atoms with Gasteiger partial charge in [-0.05, 0) is 18.2 Å². The maximum absolute atomic E-state index is 12.1. The summed E-state index contributed by atoms with van der Waals surface area (Å²) in [7, 11) is 0. The molecule has 2 aromatic carbocycles. The van der Waals surface area contributed by atoms with Gasteiger partial charge in [-0.15, -0.1) is 0 Å². The monoisotopic (exact) mass is 293 g/mol. The van der Waals surface area contributed by atoms with Gasteiger partial charge >= 0.3 is 0 Å². The molecule has 0 spiro atoms. The lowest BCUT2D eigenvalue weighted by Crippen LogP contribution is -2.14. The Labute approximate surface area is 125 Å². The highest BCUT2D eigenvalue weighted by molar-refractivity contribution is 5.65. The van der Waals surface area contributed by atoms with Crippen molar-refractivity contribution in [3.63, 3.8) is 0 Å². The molecule has 0 bridgehead atoms. The molecule has 6 heteroatoms. The van der Waals surface area contributed by atoms with Gasteiger partial charge in [-0.1, -0.05) is 30.3 Å². The summed E-state index contributed by atoms with van der Waals surface area (Å²) in [5.41, 5.74) is 1.44. The van der Waals surface area contributed by atoms with E-state index in [1.54, 1.807) is 18.2 Å². The van der Waals surface area contributed by atoms with E-state index >= 15 is 0 Å². The zero-order chi connectivity index (χ0) is 14.9. The molecule has 0 saturated heterocycles. The number of hydrogen-bond acceptors (Lipinski definition) is 5. The number of fused-ring (bicyclic) bond motifs is 1. The van der Waals surface area contributed by atoms with Crippen LogP contribution >= 0.6 is 0 Å². The number of aromatic amines is 1. The molecule has 1 N–H and O–H groups in total. The summed E-state index contributed by atoms with van der Waals surface area (Å²) in [5, 5.41) is 6.50. The van der Waals surface area contributed by atoms with E-state index in [4.69, 9.17) is 9.47 Å². The summed E-state index contributed by atoms with van der Waals surface area (Å²) in [4.78, 5) is 16.4. The first kappa shape index (κ1) is 12.6. The molecule has 108 valence electrons. The van der Waals surface area contributed by atoms with Gasteiger partial charge in [-0.3, -0.25) is 4.79 Å². The van der Waals surface area contributed by atoms with Crippen molar-refractivity contribution >= 4 is 0 Å². The molecule has 0 atom stereocenters. The van der Waals surface area contributed by atoms with E-state index in [0.29, 0.717) is 28.6 Å². The Balaban J connectivity index is 1.83. The van der Waals surface area contributed by atoms with Crippen LogP contribution in [0.1, 0.15) is 0 Å². The highest BCUT2D eigenvalue weighted by atomic mass is 16.7. The predicted molar refractivity (Wildman–Crippen MR) is 79.6 cm³/mol. The van der Waals surface area contributed by atoms with Crippen molar-refractivity contribution in [3.05, 3.63) is 58.9 Å². The van der Waals surface area contributed by atoms with Gasteiger partial charge in [0.25, 0.3) is 5.56 Å². The number of benzene rings is 2. The van der Waals surface area contributed by atoms with Crippen molar-refractivity contribution in [1.29, 1.82) is 0 Å². The second-order valence-electron chi connectivity index (χ2n) is 4.77. The van der Waals surface area contributed by atoms with Crippen LogP contribution in [0.15, 0.2) is 53.3 Å². The number of aromatic nitrogens is 3. The molecule has 0 unspecified atom stereocenters. The van der Waals surface area contributed by atoms with E-state index in [1.165, 1.54) is 0 Å². The molecule has 1 aliphatic heterocycles. The van der Waals surface area contributed by atoms with Crippen LogP contribution in [0.5, 0.6) is 11.5 Å². The van der Waals surface area contributed by atoms with Gasteiger partial charge in [0.1, 0.15) is 5.69 Å². The second-order valence-corrected chi connectivity index (χ2v) is 4.77. The Morgan fingerprint density at radius 3 is 2.64 bits per heavy atom. The topological polar surface area (TPSA) is 77.1 Å². The average molecular weight is 293 g/mol. The quantitative estimate of drug-likeness (QED) is 0.784. The first-order valence-corrected chi connectivity index (χ1v) is 6.73. The Morgan fingerprint density at radius 2 is 1.77 bits per heavy atom. The second kappa shape index (κ2) is 5.00. The van der Waals surface area contributed by atoms with E-state index < -0.39 is 0 Å². The molecule has 3 aromatic rings. The van der Waals surface area contributed by atoms with Crippen LogP contribution in [-0.4, -0.2) is 22.0 Å². The zero-order valence-corrected chi connectivity index (χ0v) is 11.4. The lowest BCUT2D eigenvalue weighted by Gasteiger charge is -2.04. The molecule has 2 heterocycles. The van der Waals surface area contributed by atoms with E-state index in [0.717, 1.165) is 5.56 Å². The highest BCUT2D eigenvalue weighted by Crippen LogP contribution is 2.34. The van der Waals surface area contributed by atoms with Crippen molar-refractivity contribution in [2.45, 2.75) is 0 Å². The molecule has 22 heavy (non-hydrogen) atoms. The van der Waals surface area contributed by atoms with Gasteiger partial charge in [-0.25, -0.2) is 10.1 Å². The maximum Gasteiger partial charge on any atom is 0.290 e. The molecule has 6 nitrogen and oxygen atoms in total. The maximum atomic E-state index is 12.1. The minimum Gasteiger partial charge on any atom is -0.454 e. The lowest BCUT2D eigenvalue weighted by atomic mass is 10.1. The summed E-state index contributed by atoms with van der Waals surface area (Å²) in [6.45, 7) is 0.189. The van der Waals surface area contributed by atoms with Crippen molar-refractivity contribution in [2.24, 2.45) is 0 Å². The fourth-order valence-electron chi connectivity index (χ4n) is 2.29. The van der Waals surface area contributed by atoms with Crippen LogP contribution in [0.3, 0.4) is 0 Å². The summed E-state index contributed by atoms with van der Waals surface area (Å²) in [6, 6.07) is 14.8. The zero-order valence-electron chi connectivity index (χ0n) is 11.4. The Morgan fingerprint density at radius 1 is 0.955 bits per heavy atom. The fourth-order valence-corrected chi connectivity index (χ4v) is 2.29. The smallest absolute Gasteiger partial charge is 0.290 e. The molecular weight excluding hydrogens is 282 g/mol. The standard InChI is InChI=1S/C16H11N3O3/c20-16-14(11-6-7-12-13(8-11)22-9-21-12)17-15(18-19-16)10-4-2-1-3-5-10/h1-8H,9H2,(H,19,20). The Kier molecular flexibility index (Phi) is 2.86. The van der Waals surface area contributed by atoms with E-state index in [1.807, 2.05) is 30.3 Å². The van der Waals surface area contributed by atoms with Gasteiger partial charge in [0.05, 0.1) is 0 Å². The predicted octanol–water partition coefficient (Wildman–Crippen LogP) is 2.23. The molecule has 1 aliphatic rings. The first-order valence-electron chi connectivity index (χ1n) is 6.73. The van der Waals surface area contributed by atoms with Crippen molar-refractivity contribution < 1.29 is 9.47 Å². The van der Waals surface area contributed by atoms with Crippen LogP contribution in [0.25, 0.3) is 22.6 Å². The van der Waals surface area contributed by atoms with Gasteiger partial charge < -0.3 is 9.47 Å². The van der Waals surface area contributed by atoms with Gasteiger partial charge in [0.2, 0.25) is 6.79 Å². The molecule has 0 saturated carbocycles. The third kappa shape index (κ3) is 2.10. The number of hydrogen-bond donors (Lipinski definition) is 1. The van der Waals surface area contributed by atoms with Gasteiger partial charge in [0, 0.05) is 11.1 Å². The minimum absolute atomic E-state index is 0.189. The molecule has 4 rings (SSSR count). The van der Waals surface area contributed by atoms with E-state index in [9.17, 15) is 4.79 Å². The molecule has 0 fully saturated rings. The average Bonchev–Trinajstić information content (AvgIpc) is 3.04. The number of ether oxygens (including phenoxy) is 2. The fraction of sp³-hybridized carbons (Fsp3) is 0.0625. The van der Waals surface area contributed by atoms with Gasteiger partial charge in [0.15, 0.2) is 17.3 Å². The van der Waals surface area contributed by atoms with E-state index in [-0.39, 0.29) is 12.4 Å². The Bertz CT molecular complexity index is 891. The molecule has 0 amide bonds.